The van der Waals surface area contributed by atoms with Crippen LogP contribution in [0, 0.1) is 5.82 Å². The van der Waals surface area contributed by atoms with E-state index in [9.17, 15) is 17.6 Å². The standard InChI is InChI=1S/C13H11F4N3O/c1-21-11-5-4-10(19-20-11)12(18)7-2-3-8(9(14)6-7)13(15,16)17/h2-6,12H,18H2,1H3. The minimum Gasteiger partial charge on any atom is -0.480 e. The fourth-order valence-corrected chi connectivity index (χ4v) is 1.73. The summed E-state index contributed by atoms with van der Waals surface area (Å²) in [6, 6.07) is 4.64. The molecule has 4 nitrogen and oxygen atoms in total. The maximum absolute atomic E-state index is 13.5. The molecular formula is C13H11F4N3O. The van der Waals surface area contributed by atoms with Gasteiger partial charge in [0.25, 0.3) is 0 Å². The fourth-order valence-electron chi connectivity index (χ4n) is 1.73. The third-order valence-electron chi connectivity index (χ3n) is 2.85. The molecule has 112 valence electrons. The summed E-state index contributed by atoms with van der Waals surface area (Å²) in [4.78, 5) is 0. The second kappa shape index (κ2) is 5.65. The van der Waals surface area contributed by atoms with Gasteiger partial charge in [0, 0.05) is 6.07 Å². The van der Waals surface area contributed by atoms with Gasteiger partial charge in [0.15, 0.2) is 0 Å². The number of nitrogens with zero attached hydrogens (tertiary/aromatic N) is 2. The molecule has 0 amide bonds. The molecule has 1 aromatic heterocycles. The van der Waals surface area contributed by atoms with Gasteiger partial charge in [-0.3, -0.25) is 0 Å². The Hall–Kier alpha value is -2.22. The third-order valence-corrected chi connectivity index (χ3v) is 2.85. The van der Waals surface area contributed by atoms with Crippen molar-refractivity contribution in [3.05, 3.63) is 53.0 Å². The van der Waals surface area contributed by atoms with Gasteiger partial charge in [-0.2, -0.15) is 13.2 Å². The van der Waals surface area contributed by atoms with Gasteiger partial charge in [0.05, 0.1) is 24.4 Å². The number of nitrogens with two attached hydrogens (primary N) is 1. The first kappa shape index (κ1) is 15.2. The fraction of sp³-hybridized carbons (Fsp3) is 0.231. The maximum Gasteiger partial charge on any atom is 0.419 e. The molecule has 0 radical (unpaired) electrons. The van der Waals surface area contributed by atoms with E-state index in [0.717, 1.165) is 12.1 Å². The molecule has 0 aliphatic carbocycles. The zero-order chi connectivity index (χ0) is 15.6. The van der Waals surface area contributed by atoms with Crippen LogP contribution in [0.15, 0.2) is 30.3 Å². The van der Waals surface area contributed by atoms with Gasteiger partial charge in [-0.05, 0) is 23.8 Å². The van der Waals surface area contributed by atoms with Gasteiger partial charge >= 0.3 is 6.18 Å². The summed E-state index contributed by atoms with van der Waals surface area (Å²) in [5.41, 5.74) is 4.96. The van der Waals surface area contributed by atoms with Gasteiger partial charge in [0.1, 0.15) is 5.82 Å². The Balaban J connectivity index is 2.30. The van der Waals surface area contributed by atoms with E-state index in [0.29, 0.717) is 6.07 Å². The molecule has 0 saturated heterocycles. The summed E-state index contributed by atoms with van der Waals surface area (Å²) >= 11 is 0. The minimum atomic E-state index is -4.74. The zero-order valence-electron chi connectivity index (χ0n) is 10.9. The van der Waals surface area contributed by atoms with E-state index >= 15 is 0 Å². The van der Waals surface area contributed by atoms with E-state index in [1.807, 2.05) is 0 Å². The van der Waals surface area contributed by atoms with Crippen molar-refractivity contribution in [3.63, 3.8) is 0 Å². The number of aromatic nitrogens is 2. The smallest absolute Gasteiger partial charge is 0.419 e. The Morgan fingerprint density at radius 1 is 1.14 bits per heavy atom. The van der Waals surface area contributed by atoms with E-state index < -0.39 is 23.6 Å². The van der Waals surface area contributed by atoms with Crippen LogP contribution in [0.25, 0.3) is 0 Å². The number of methoxy groups -OCH3 is 1. The highest BCUT2D eigenvalue weighted by Gasteiger charge is 2.34. The van der Waals surface area contributed by atoms with Gasteiger partial charge in [-0.25, -0.2) is 4.39 Å². The molecule has 0 bridgehead atoms. The van der Waals surface area contributed by atoms with Crippen molar-refractivity contribution in [2.45, 2.75) is 12.2 Å². The number of hydrogen-bond donors (Lipinski definition) is 1. The van der Waals surface area contributed by atoms with E-state index in [2.05, 4.69) is 10.2 Å². The Kier molecular flexibility index (Phi) is 4.08. The Morgan fingerprint density at radius 2 is 1.86 bits per heavy atom. The summed E-state index contributed by atoms with van der Waals surface area (Å²) < 4.78 is 55.8. The van der Waals surface area contributed by atoms with Crippen LogP contribution >= 0.6 is 0 Å². The van der Waals surface area contributed by atoms with Crippen LogP contribution in [0.5, 0.6) is 5.88 Å². The van der Waals surface area contributed by atoms with Crippen molar-refractivity contribution in [3.8, 4) is 5.88 Å². The quantitative estimate of drug-likeness (QED) is 0.885. The van der Waals surface area contributed by atoms with Crippen molar-refractivity contribution in [2.24, 2.45) is 5.73 Å². The molecule has 0 aliphatic rings. The van der Waals surface area contributed by atoms with Crippen molar-refractivity contribution in [1.82, 2.24) is 10.2 Å². The Morgan fingerprint density at radius 3 is 2.33 bits per heavy atom. The van der Waals surface area contributed by atoms with E-state index in [-0.39, 0.29) is 17.1 Å². The predicted molar refractivity (Wildman–Crippen MR) is 66.0 cm³/mol. The van der Waals surface area contributed by atoms with Crippen molar-refractivity contribution in [2.75, 3.05) is 7.11 Å². The van der Waals surface area contributed by atoms with E-state index in [1.165, 1.54) is 19.2 Å². The minimum absolute atomic E-state index is 0.167. The van der Waals surface area contributed by atoms with E-state index in [1.54, 1.807) is 0 Å². The number of rotatable bonds is 3. The molecule has 1 aromatic carbocycles. The molecule has 2 rings (SSSR count). The molecule has 21 heavy (non-hydrogen) atoms. The second-order valence-electron chi connectivity index (χ2n) is 4.22. The molecule has 1 unspecified atom stereocenters. The van der Waals surface area contributed by atoms with Crippen LogP contribution in [0.3, 0.4) is 0 Å². The third kappa shape index (κ3) is 3.27. The van der Waals surface area contributed by atoms with Crippen LogP contribution in [-0.2, 0) is 6.18 Å². The summed E-state index contributed by atoms with van der Waals surface area (Å²) in [5.74, 6) is -1.11. The summed E-state index contributed by atoms with van der Waals surface area (Å²) in [6.07, 6.45) is -4.74. The van der Waals surface area contributed by atoms with Crippen LogP contribution in [0.4, 0.5) is 17.6 Å². The average Bonchev–Trinajstić information content (AvgIpc) is 2.45. The van der Waals surface area contributed by atoms with Crippen molar-refractivity contribution >= 4 is 0 Å². The number of hydrogen-bond acceptors (Lipinski definition) is 4. The highest BCUT2D eigenvalue weighted by Crippen LogP contribution is 2.32. The summed E-state index contributed by atoms with van der Waals surface area (Å²) in [5, 5.41) is 7.48. The lowest BCUT2D eigenvalue weighted by atomic mass is 10.0. The molecule has 1 atom stereocenters. The molecule has 8 heteroatoms. The number of alkyl halides is 3. The lowest BCUT2D eigenvalue weighted by molar-refractivity contribution is -0.140. The molecule has 2 aromatic rings. The highest BCUT2D eigenvalue weighted by atomic mass is 19.4. The lowest BCUT2D eigenvalue weighted by Gasteiger charge is -2.14. The topological polar surface area (TPSA) is 61.0 Å². The second-order valence-corrected chi connectivity index (χ2v) is 4.22. The molecule has 2 N–H and O–H groups in total. The first-order valence-electron chi connectivity index (χ1n) is 5.82. The predicted octanol–water partition coefficient (Wildman–Crippen LogP) is 2.69. The first-order chi connectivity index (χ1) is 9.82. The molecule has 0 saturated carbocycles. The van der Waals surface area contributed by atoms with Crippen LogP contribution in [0.2, 0.25) is 0 Å². The monoisotopic (exact) mass is 301 g/mol. The van der Waals surface area contributed by atoms with Gasteiger partial charge in [-0.1, -0.05) is 6.07 Å². The van der Waals surface area contributed by atoms with Crippen LogP contribution in [-0.4, -0.2) is 17.3 Å². The number of ether oxygens (including phenoxy) is 1. The normalized spacial score (nSPS) is 13.0. The maximum atomic E-state index is 13.5. The van der Waals surface area contributed by atoms with Gasteiger partial charge in [-0.15, -0.1) is 10.2 Å². The highest BCUT2D eigenvalue weighted by molar-refractivity contribution is 5.32. The lowest BCUT2D eigenvalue weighted by Crippen LogP contribution is -2.16. The SMILES string of the molecule is COc1ccc(C(N)c2ccc(C(F)(F)F)c(F)c2)nn1. The molecule has 0 spiro atoms. The van der Waals surface area contributed by atoms with Gasteiger partial charge < -0.3 is 10.5 Å². The number of halogens is 4. The molecular weight excluding hydrogens is 290 g/mol. The molecule has 0 aliphatic heterocycles. The Bertz CT molecular complexity index is 628. The van der Waals surface area contributed by atoms with Crippen LogP contribution in [0.1, 0.15) is 22.9 Å². The number of benzene rings is 1. The van der Waals surface area contributed by atoms with E-state index in [4.69, 9.17) is 10.5 Å². The average molecular weight is 301 g/mol. The summed E-state index contributed by atoms with van der Waals surface area (Å²) in [7, 11) is 1.41. The van der Waals surface area contributed by atoms with Crippen molar-refractivity contribution in [1.29, 1.82) is 0 Å². The molecule has 1 heterocycles. The zero-order valence-corrected chi connectivity index (χ0v) is 10.9. The summed E-state index contributed by atoms with van der Waals surface area (Å²) in [6.45, 7) is 0. The van der Waals surface area contributed by atoms with Gasteiger partial charge in [0.2, 0.25) is 5.88 Å². The molecule has 0 fully saturated rings. The van der Waals surface area contributed by atoms with Crippen molar-refractivity contribution < 1.29 is 22.3 Å². The Labute approximate surface area is 117 Å². The van der Waals surface area contributed by atoms with Crippen LogP contribution < -0.4 is 10.5 Å². The first-order valence-corrected chi connectivity index (χ1v) is 5.82. The largest absolute Gasteiger partial charge is 0.480 e.